The Balaban J connectivity index is 2.03. The molecule has 0 bridgehead atoms. The van der Waals surface area contributed by atoms with Crippen LogP contribution in [-0.4, -0.2) is 26.2 Å². The third-order valence-electron chi connectivity index (χ3n) is 3.68. The first-order chi connectivity index (χ1) is 9.53. The molecule has 0 saturated heterocycles. The smallest absolute Gasteiger partial charge is 0.241 e. The van der Waals surface area contributed by atoms with Gasteiger partial charge in [0.05, 0.1) is 16.6 Å². The summed E-state index contributed by atoms with van der Waals surface area (Å²) < 4.78 is 27.0. The molecule has 2 rings (SSSR count). The lowest BCUT2D eigenvalue weighted by molar-refractivity contribution is 0.109. The quantitative estimate of drug-likeness (QED) is 0.878. The maximum atomic E-state index is 12.2. The highest BCUT2D eigenvalue weighted by molar-refractivity contribution is 7.89. The minimum atomic E-state index is -3.65. The summed E-state index contributed by atoms with van der Waals surface area (Å²) in [6.45, 7) is 0.356. The second-order valence-electron chi connectivity index (χ2n) is 5.13. The Morgan fingerprint density at radius 2 is 1.90 bits per heavy atom. The molecule has 0 aliphatic heterocycles. The molecule has 0 atom stereocenters. The molecular formula is C14H18N2O3S. The highest BCUT2D eigenvalue weighted by atomic mass is 32.2. The largest absolute Gasteiger partial charge is 0.393 e. The van der Waals surface area contributed by atoms with Crippen LogP contribution in [0.2, 0.25) is 0 Å². The number of hydrogen-bond donors (Lipinski definition) is 2. The van der Waals surface area contributed by atoms with Crippen LogP contribution in [-0.2, 0) is 10.0 Å². The van der Waals surface area contributed by atoms with Crippen molar-refractivity contribution in [2.24, 2.45) is 5.92 Å². The molecule has 0 amide bonds. The fourth-order valence-electron chi connectivity index (χ4n) is 2.45. The monoisotopic (exact) mass is 294 g/mol. The zero-order chi connectivity index (χ0) is 14.6. The highest BCUT2D eigenvalue weighted by Crippen LogP contribution is 2.24. The lowest BCUT2D eigenvalue weighted by Crippen LogP contribution is -2.32. The van der Waals surface area contributed by atoms with Crippen molar-refractivity contribution in [2.75, 3.05) is 6.54 Å². The van der Waals surface area contributed by atoms with Crippen LogP contribution in [0, 0.1) is 17.2 Å². The summed E-state index contributed by atoms with van der Waals surface area (Å²) in [5, 5.41) is 18.4. The summed E-state index contributed by atoms with van der Waals surface area (Å²) in [6, 6.07) is 8.06. The molecule has 1 aliphatic rings. The predicted octanol–water partition coefficient (Wildman–Crippen LogP) is 1.39. The van der Waals surface area contributed by atoms with Crippen LogP contribution in [0.4, 0.5) is 0 Å². The molecule has 1 fully saturated rings. The number of benzene rings is 1. The summed E-state index contributed by atoms with van der Waals surface area (Å²) >= 11 is 0. The zero-order valence-electron chi connectivity index (χ0n) is 11.1. The molecule has 0 heterocycles. The summed E-state index contributed by atoms with van der Waals surface area (Å²) in [5.41, 5.74) is 0.152. The van der Waals surface area contributed by atoms with Gasteiger partial charge in [0, 0.05) is 6.54 Å². The lowest BCUT2D eigenvalue weighted by Gasteiger charge is -2.25. The van der Waals surface area contributed by atoms with E-state index in [2.05, 4.69) is 4.72 Å². The van der Waals surface area contributed by atoms with Gasteiger partial charge in [-0.3, -0.25) is 0 Å². The fraction of sp³-hybridized carbons (Fsp3) is 0.500. The van der Waals surface area contributed by atoms with Crippen LogP contribution in [0.1, 0.15) is 31.2 Å². The van der Waals surface area contributed by atoms with Crippen LogP contribution >= 0.6 is 0 Å². The molecular weight excluding hydrogens is 276 g/mol. The van der Waals surface area contributed by atoms with Crippen LogP contribution in [0.3, 0.4) is 0 Å². The first kappa shape index (κ1) is 15.0. The summed E-state index contributed by atoms with van der Waals surface area (Å²) in [4.78, 5) is 0.0262. The van der Waals surface area contributed by atoms with Gasteiger partial charge in [-0.15, -0.1) is 0 Å². The third kappa shape index (κ3) is 3.57. The van der Waals surface area contributed by atoms with E-state index in [1.807, 2.05) is 6.07 Å². The molecule has 0 aromatic heterocycles. The number of rotatable bonds is 4. The SMILES string of the molecule is N#Cc1ccccc1S(=O)(=O)NCC1CCC(O)CC1. The Kier molecular flexibility index (Phi) is 4.76. The molecule has 1 saturated carbocycles. The number of nitrogens with one attached hydrogen (secondary N) is 1. The van der Waals surface area contributed by atoms with Crippen molar-refractivity contribution in [3.8, 4) is 6.07 Å². The van der Waals surface area contributed by atoms with Gasteiger partial charge in [-0.2, -0.15) is 5.26 Å². The lowest BCUT2D eigenvalue weighted by atomic mass is 9.88. The fourth-order valence-corrected chi connectivity index (χ4v) is 3.72. The Morgan fingerprint density at radius 1 is 1.25 bits per heavy atom. The number of aliphatic hydroxyl groups is 1. The van der Waals surface area contributed by atoms with E-state index >= 15 is 0 Å². The van der Waals surface area contributed by atoms with Crippen LogP contribution in [0.25, 0.3) is 0 Å². The molecule has 1 aromatic rings. The van der Waals surface area contributed by atoms with Gasteiger partial charge in [-0.1, -0.05) is 12.1 Å². The van der Waals surface area contributed by atoms with E-state index in [4.69, 9.17) is 5.26 Å². The van der Waals surface area contributed by atoms with E-state index < -0.39 is 10.0 Å². The van der Waals surface area contributed by atoms with Gasteiger partial charge >= 0.3 is 0 Å². The summed E-state index contributed by atoms with van der Waals surface area (Å²) in [6.07, 6.45) is 2.84. The molecule has 5 nitrogen and oxygen atoms in total. The molecule has 0 unspecified atom stereocenters. The Morgan fingerprint density at radius 3 is 2.55 bits per heavy atom. The average Bonchev–Trinajstić information content (AvgIpc) is 2.46. The second kappa shape index (κ2) is 6.35. The number of nitriles is 1. The topological polar surface area (TPSA) is 90.2 Å². The van der Waals surface area contributed by atoms with E-state index in [9.17, 15) is 13.5 Å². The minimum absolute atomic E-state index is 0.0262. The molecule has 20 heavy (non-hydrogen) atoms. The van der Waals surface area contributed by atoms with Gasteiger partial charge in [0.1, 0.15) is 6.07 Å². The van der Waals surface area contributed by atoms with E-state index in [0.717, 1.165) is 25.7 Å². The minimum Gasteiger partial charge on any atom is -0.393 e. The molecule has 2 N–H and O–H groups in total. The van der Waals surface area contributed by atoms with Crippen molar-refractivity contribution in [2.45, 2.75) is 36.7 Å². The maximum absolute atomic E-state index is 12.2. The highest BCUT2D eigenvalue weighted by Gasteiger charge is 2.23. The molecule has 108 valence electrons. The van der Waals surface area contributed by atoms with Crippen molar-refractivity contribution < 1.29 is 13.5 Å². The Hall–Kier alpha value is -1.42. The normalized spacial score (nSPS) is 23.2. The van der Waals surface area contributed by atoms with E-state index in [-0.39, 0.29) is 22.5 Å². The number of sulfonamides is 1. The van der Waals surface area contributed by atoms with E-state index in [0.29, 0.717) is 6.54 Å². The van der Waals surface area contributed by atoms with E-state index in [1.54, 1.807) is 12.1 Å². The van der Waals surface area contributed by atoms with Gasteiger partial charge in [-0.25, -0.2) is 13.1 Å². The van der Waals surface area contributed by atoms with Gasteiger partial charge in [-0.05, 0) is 43.7 Å². The second-order valence-corrected chi connectivity index (χ2v) is 6.87. The number of hydrogen-bond acceptors (Lipinski definition) is 4. The molecule has 1 aromatic carbocycles. The van der Waals surface area contributed by atoms with Gasteiger partial charge < -0.3 is 5.11 Å². The van der Waals surface area contributed by atoms with Gasteiger partial charge in [0.2, 0.25) is 10.0 Å². The average molecular weight is 294 g/mol. The number of aliphatic hydroxyl groups excluding tert-OH is 1. The van der Waals surface area contributed by atoms with Crippen molar-refractivity contribution in [3.63, 3.8) is 0 Å². The van der Waals surface area contributed by atoms with Crippen molar-refractivity contribution in [1.29, 1.82) is 5.26 Å². The first-order valence-corrected chi connectivity index (χ1v) is 8.18. The van der Waals surface area contributed by atoms with E-state index in [1.165, 1.54) is 12.1 Å². The standard InChI is InChI=1S/C14H18N2O3S/c15-9-12-3-1-2-4-14(12)20(18,19)16-10-11-5-7-13(17)8-6-11/h1-4,11,13,16-17H,5-8,10H2. The van der Waals surface area contributed by atoms with Gasteiger partial charge in [0.25, 0.3) is 0 Å². The van der Waals surface area contributed by atoms with Crippen LogP contribution in [0.5, 0.6) is 0 Å². The van der Waals surface area contributed by atoms with Crippen LogP contribution < -0.4 is 4.72 Å². The Bertz CT molecular complexity index is 599. The zero-order valence-corrected chi connectivity index (χ0v) is 11.9. The van der Waals surface area contributed by atoms with Crippen molar-refractivity contribution in [3.05, 3.63) is 29.8 Å². The third-order valence-corrected chi connectivity index (χ3v) is 5.16. The van der Waals surface area contributed by atoms with Crippen molar-refractivity contribution in [1.82, 2.24) is 4.72 Å². The summed E-state index contributed by atoms with van der Waals surface area (Å²) in [7, 11) is -3.65. The van der Waals surface area contributed by atoms with Gasteiger partial charge in [0.15, 0.2) is 0 Å². The predicted molar refractivity (Wildman–Crippen MR) is 74.3 cm³/mol. The van der Waals surface area contributed by atoms with Crippen molar-refractivity contribution >= 4 is 10.0 Å². The molecule has 0 radical (unpaired) electrons. The molecule has 0 spiro atoms. The first-order valence-electron chi connectivity index (χ1n) is 6.70. The van der Waals surface area contributed by atoms with Crippen LogP contribution in [0.15, 0.2) is 29.2 Å². The maximum Gasteiger partial charge on any atom is 0.241 e. The number of nitrogens with zero attached hydrogens (tertiary/aromatic N) is 1. The molecule has 1 aliphatic carbocycles. The Labute approximate surface area is 119 Å². The molecule has 6 heteroatoms. The summed E-state index contributed by atoms with van der Waals surface area (Å²) in [5.74, 6) is 0.252.